The van der Waals surface area contributed by atoms with E-state index in [2.05, 4.69) is 67.6 Å². The minimum Gasteiger partial charge on any atom is -0.504 e. The Bertz CT molecular complexity index is 1160. The van der Waals surface area contributed by atoms with Gasteiger partial charge in [0.1, 0.15) is 0 Å². The molecule has 9 nitrogen and oxygen atoms in total. The van der Waals surface area contributed by atoms with Gasteiger partial charge in [-0.25, -0.2) is 5.43 Å². The number of nitrogens with zero attached hydrogens (tertiary/aromatic N) is 5. The third-order valence-corrected chi connectivity index (χ3v) is 7.15. The van der Waals surface area contributed by atoms with Crippen LogP contribution in [0.5, 0.6) is 11.5 Å². The Hall–Kier alpha value is -2.92. The van der Waals surface area contributed by atoms with Crippen molar-refractivity contribution in [3.05, 3.63) is 50.9 Å². The van der Waals surface area contributed by atoms with Gasteiger partial charge in [0.2, 0.25) is 17.8 Å². The van der Waals surface area contributed by atoms with Crippen LogP contribution in [-0.2, 0) is 0 Å². The van der Waals surface area contributed by atoms with E-state index in [9.17, 15) is 5.11 Å². The molecule has 4 rings (SSSR count). The van der Waals surface area contributed by atoms with Crippen LogP contribution in [0.15, 0.2) is 50.4 Å². The van der Waals surface area contributed by atoms with E-state index in [-0.39, 0.29) is 5.75 Å². The molecule has 11 heteroatoms. The zero-order valence-electron chi connectivity index (χ0n) is 18.6. The topological polar surface area (TPSA) is 108 Å². The molecule has 178 valence electrons. The maximum absolute atomic E-state index is 10.6. The van der Waals surface area contributed by atoms with Crippen molar-refractivity contribution >= 4 is 61.6 Å². The molecule has 0 spiro atoms. The Kier molecular flexibility index (Phi) is 8.17. The van der Waals surface area contributed by atoms with E-state index in [4.69, 9.17) is 4.74 Å². The van der Waals surface area contributed by atoms with Gasteiger partial charge in [0.15, 0.2) is 11.5 Å². The molecule has 3 N–H and O–H groups in total. The highest BCUT2D eigenvalue weighted by molar-refractivity contribution is 9.13. The minimum absolute atomic E-state index is 0.0152. The number of hydrazone groups is 1. The minimum atomic E-state index is -0.0152. The van der Waals surface area contributed by atoms with Gasteiger partial charge in [-0.15, -0.1) is 0 Å². The predicted molar refractivity (Wildman–Crippen MR) is 142 cm³/mol. The Balaban J connectivity index is 1.61. The lowest BCUT2D eigenvalue weighted by Crippen LogP contribution is -2.31. The second-order valence-electron chi connectivity index (χ2n) is 7.56. The van der Waals surface area contributed by atoms with Gasteiger partial charge in [-0.05, 0) is 76.2 Å². The maximum Gasteiger partial charge on any atom is 0.250 e. The molecule has 0 unspecified atom stereocenters. The number of phenolic OH excluding ortho intramolecular Hbond substituents is 1. The summed E-state index contributed by atoms with van der Waals surface area (Å²) in [5.74, 6) is 1.65. The summed E-state index contributed by atoms with van der Waals surface area (Å²) >= 11 is 6.94. The van der Waals surface area contributed by atoms with E-state index < -0.39 is 0 Å². The molecule has 0 radical (unpaired) electrons. The number of hydrogen-bond acceptors (Lipinski definition) is 9. The van der Waals surface area contributed by atoms with Crippen LogP contribution in [-0.4, -0.2) is 46.0 Å². The van der Waals surface area contributed by atoms with Gasteiger partial charge in [-0.2, -0.15) is 20.1 Å². The van der Waals surface area contributed by atoms with Crippen molar-refractivity contribution in [1.29, 1.82) is 0 Å². The summed E-state index contributed by atoms with van der Waals surface area (Å²) in [5, 5.41) is 18.1. The second-order valence-corrected chi connectivity index (χ2v) is 9.20. The average molecular weight is 591 g/mol. The predicted octanol–water partition coefficient (Wildman–Crippen LogP) is 5.68. The van der Waals surface area contributed by atoms with E-state index in [0.29, 0.717) is 40.2 Å². The van der Waals surface area contributed by atoms with Crippen molar-refractivity contribution in [2.75, 3.05) is 35.3 Å². The largest absolute Gasteiger partial charge is 0.504 e. The molecule has 0 atom stereocenters. The van der Waals surface area contributed by atoms with E-state index in [1.165, 1.54) is 12.6 Å². The molecular formula is C23H25Br2N7O2. The van der Waals surface area contributed by atoms with Crippen molar-refractivity contribution in [2.45, 2.75) is 26.2 Å². The van der Waals surface area contributed by atoms with Crippen LogP contribution in [0.2, 0.25) is 0 Å². The van der Waals surface area contributed by atoms with Crippen LogP contribution in [0.4, 0.5) is 23.5 Å². The summed E-state index contributed by atoms with van der Waals surface area (Å²) in [5.41, 5.74) is 4.21. The highest BCUT2D eigenvalue weighted by Gasteiger charge is 2.17. The molecule has 1 fully saturated rings. The number of para-hydroxylation sites is 1. The van der Waals surface area contributed by atoms with Gasteiger partial charge < -0.3 is 20.1 Å². The highest BCUT2D eigenvalue weighted by atomic mass is 79.9. The third-order valence-electron chi connectivity index (χ3n) is 5.14. The van der Waals surface area contributed by atoms with Gasteiger partial charge in [0, 0.05) is 27.7 Å². The number of nitrogens with one attached hydrogen (secondary N) is 2. The summed E-state index contributed by atoms with van der Waals surface area (Å²) in [6, 6.07) is 11.4. The number of hydrogen-bond donors (Lipinski definition) is 3. The molecule has 0 bridgehead atoms. The Labute approximate surface area is 214 Å². The molecule has 0 amide bonds. The zero-order valence-corrected chi connectivity index (χ0v) is 21.8. The van der Waals surface area contributed by atoms with E-state index in [0.717, 1.165) is 36.1 Å². The summed E-state index contributed by atoms with van der Waals surface area (Å²) in [7, 11) is 0. The molecule has 0 aliphatic carbocycles. The number of anilines is 4. The number of rotatable bonds is 8. The van der Waals surface area contributed by atoms with Gasteiger partial charge >= 0.3 is 0 Å². The number of aromatic nitrogens is 3. The fourth-order valence-electron chi connectivity index (χ4n) is 3.51. The van der Waals surface area contributed by atoms with Crippen molar-refractivity contribution in [1.82, 2.24) is 15.0 Å². The van der Waals surface area contributed by atoms with Gasteiger partial charge in [-0.1, -0.05) is 18.2 Å². The highest BCUT2D eigenvalue weighted by Crippen LogP contribution is 2.39. The van der Waals surface area contributed by atoms with Crippen LogP contribution < -0.4 is 20.4 Å². The second kappa shape index (κ2) is 11.5. The normalized spacial score (nSPS) is 13.8. The van der Waals surface area contributed by atoms with Crippen molar-refractivity contribution in [2.24, 2.45) is 5.10 Å². The fourth-order valence-corrected chi connectivity index (χ4v) is 4.33. The molecule has 1 aliphatic rings. The van der Waals surface area contributed by atoms with Crippen LogP contribution >= 0.6 is 31.9 Å². The van der Waals surface area contributed by atoms with Crippen LogP contribution in [0.1, 0.15) is 31.7 Å². The first-order valence-corrected chi connectivity index (χ1v) is 12.6. The average Bonchev–Trinajstić information content (AvgIpc) is 2.86. The molecular weight excluding hydrogens is 566 g/mol. The van der Waals surface area contributed by atoms with E-state index in [1.54, 1.807) is 6.07 Å². The number of ether oxygens (including phenoxy) is 1. The third kappa shape index (κ3) is 5.95. The lowest BCUT2D eigenvalue weighted by molar-refractivity contribution is 0.317. The Morgan fingerprint density at radius 3 is 2.56 bits per heavy atom. The smallest absolute Gasteiger partial charge is 0.250 e. The number of aromatic hydroxyl groups is 1. The molecule has 2 aromatic carbocycles. The van der Waals surface area contributed by atoms with Crippen LogP contribution in [0.3, 0.4) is 0 Å². The first kappa shape index (κ1) is 24.2. The molecule has 3 aromatic rings. The lowest BCUT2D eigenvalue weighted by atomic mass is 10.1. The summed E-state index contributed by atoms with van der Waals surface area (Å²) in [6.45, 7) is 4.08. The molecule has 1 saturated heterocycles. The van der Waals surface area contributed by atoms with Crippen molar-refractivity contribution < 1.29 is 9.84 Å². The zero-order chi connectivity index (χ0) is 23.9. The molecule has 2 heterocycles. The molecule has 1 aromatic heterocycles. The quantitative estimate of drug-likeness (QED) is 0.227. The number of benzene rings is 2. The first-order valence-electron chi connectivity index (χ1n) is 11.0. The van der Waals surface area contributed by atoms with Crippen LogP contribution in [0, 0.1) is 0 Å². The summed E-state index contributed by atoms with van der Waals surface area (Å²) in [6.07, 6.45) is 4.90. The summed E-state index contributed by atoms with van der Waals surface area (Å²) in [4.78, 5) is 15.8. The van der Waals surface area contributed by atoms with Gasteiger partial charge in [-0.3, -0.25) is 0 Å². The van der Waals surface area contributed by atoms with Gasteiger partial charge in [0.25, 0.3) is 0 Å². The standard InChI is InChI=1S/C23H25Br2N7O2/c1-2-34-18-13-17(24)19(25)16(20(18)33)14-26-31-22-28-21(27-15-9-5-3-6-10-15)29-23(30-22)32-11-7-4-8-12-32/h3,5-6,9-10,13-14,33H,2,4,7-8,11-12H2,1H3,(H2,27,28,29,30,31)/b26-14+. The SMILES string of the molecule is CCOc1cc(Br)c(Br)c(/C=N/Nc2nc(Nc3ccccc3)nc(N3CCCCC3)n2)c1O. The monoisotopic (exact) mass is 589 g/mol. The maximum atomic E-state index is 10.6. The van der Waals surface area contributed by atoms with E-state index >= 15 is 0 Å². The first-order chi connectivity index (χ1) is 16.5. The van der Waals surface area contributed by atoms with Crippen molar-refractivity contribution in [3.8, 4) is 11.5 Å². The van der Waals surface area contributed by atoms with Crippen LogP contribution in [0.25, 0.3) is 0 Å². The number of phenols is 1. The molecule has 1 aliphatic heterocycles. The van der Waals surface area contributed by atoms with Crippen molar-refractivity contribution in [3.63, 3.8) is 0 Å². The number of halogens is 2. The summed E-state index contributed by atoms with van der Waals surface area (Å²) < 4.78 is 6.88. The van der Waals surface area contributed by atoms with Gasteiger partial charge in [0.05, 0.1) is 18.4 Å². The number of piperidine rings is 1. The molecule has 0 saturated carbocycles. The Morgan fingerprint density at radius 2 is 1.82 bits per heavy atom. The molecule has 34 heavy (non-hydrogen) atoms. The lowest BCUT2D eigenvalue weighted by Gasteiger charge is -2.26. The fraction of sp³-hybridized carbons (Fsp3) is 0.304. The Morgan fingerprint density at radius 1 is 1.09 bits per heavy atom. The van der Waals surface area contributed by atoms with E-state index in [1.807, 2.05) is 37.3 Å².